The molecule has 2 heterocycles. The van der Waals surface area contributed by atoms with Gasteiger partial charge in [0.15, 0.2) is 0 Å². The first-order valence-electron chi connectivity index (χ1n) is 9.41. The van der Waals surface area contributed by atoms with Gasteiger partial charge < -0.3 is 20.1 Å². The Morgan fingerprint density at radius 3 is 2.71 bits per heavy atom. The number of aromatic amines is 1. The Kier molecular flexibility index (Phi) is 4.88. The quantitative estimate of drug-likeness (QED) is 0.636. The van der Waals surface area contributed by atoms with Crippen molar-refractivity contribution in [2.45, 2.75) is 25.3 Å². The molecule has 28 heavy (non-hydrogen) atoms. The van der Waals surface area contributed by atoms with E-state index in [1.165, 1.54) is 0 Å². The summed E-state index contributed by atoms with van der Waals surface area (Å²) in [7, 11) is 0. The topological polar surface area (TPSA) is 91.4 Å². The van der Waals surface area contributed by atoms with Crippen molar-refractivity contribution >= 4 is 16.7 Å². The fraction of sp³-hybridized carbons (Fsp3) is 0.273. The molecule has 0 radical (unpaired) electrons. The minimum Gasteiger partial charge on any atom is -0.493 e. The average molecular weight is 378 g/mol. The lowest BCUT2D eigenvalue weighted by atomic mass is 9.93. The highest BCUT2D eigenvalue weighted by Gasteiger charge is 2.32. The molecule has 0 saturated carbocycles. The molecule has 2 atom stereocenters. The molecule has 1 aliphatic rings. The zero-order valence-corrected chi connectivity index (χ0v) is 15.6. The molecule has 0 aliphatic carbocycles. The van der Waals surface area contributed by atoms with Gasteiger partial charge in [0.25, 0.3) is 5.56 Å². The van der Waals surface area contributed by atoms with Gasteiger partial charge in [-0.3, -0.25) is 9.59 Å². The molecule has 2 aromatic carbocycles. The fourth-order valence-electron chi connectivity index (χ4n) is 3.77. The van der Waals surface area contributed by atoms with Crippen LogP contribution in [0.2, 0.25) is 0 Å². The zero-order valence-electron chi connectivity index (χ0n) is 15.6. The molecule has 3 N–H and O–H groups in total. The Bertz CT molecular complexity index is 1090. The highest BCUT2D eigenvalue weighted by molar-refractivity contribution is 5.90. The molecule has 1 aromatic heterocycles. The van der Waals surface area contributed by atoms with E-state index < -0.39 is 0 Å². The predicted molar refractivity (Wildman–Crippen MR) is 108 cm³/mol. The SMILES string of the molecule is CCOc1ccccc1-c1cc2ccc([C@H]3CC(CO)NC3=O)cc2c(=O)[nH]1. The van der Waals surface area contributed by atoms with Crippen LogP contribution in [0.15, 0.2) is 53.3 Å². The molecule has 0 bridgehead atoms. The number of aliphatic hydroxyl groups is 1. The lowest BCUT2D eigenvalue weighted by molar-refractivity contribution is -0.120. The Labute approximate surface area is 162 Å². The summed E-state index contributed by atoms with van der Waals surface area (Å²) in [4.78, 5) is 27.9. The predicted octanol–water partition coefficient (Wildman–Crippen LogP) is 2.56. The minimum absolute atomic E-state index is 0.0843. The molecule has 4 rings (SSSR count). The van der Waals surface area contributed by atoms with E-state index in [2.05, 4.69) is 10.3 Å². The number of fused-ring (bicyclic) bond motifs is 1. The van der Waals surface area contributed by atoms with Crippen LogP contribution in [0.3, 0.4) is 0 Å². The molecule has 144 valence electrons. The van der Waals surface area contributed by atoms with Gasteiger partial charge in [-0.1, -0.05) is 24.3 Å². The van der Waals surface area contributed by atoms with Crippen LogP contribution in [-0.2, 0) is 4.79 Å². The van der Waals surface area contributed by atoms with Gasteiger partial charge >= 0.3 is 0 Å². The Balaban J connectivity index is 1.76. The summed E-state index contributed by atoms with van der Waals surface area (Å²) >= 11 is 0. The van der Waals surface area contributed by atoms with E-state index in [4.69, 9.17) is 4.74 Å². The maximum atomic E-state index is 12.8. The van der Waals surface area contributed by atoms with Crippen molar-refractivity contribution in [3.8, 4) is 17.0 Å². The number of H-pyrrole nitrogens is 1. The smallest absolute Gasteiger partial charge is 0.256 e. The van der Waals surface area contributed by atoms with Crippen molar-refractivity contribution in [3.05, 3.63) is 64.4 Å². The van der Waals surface area contributed by atoms with Crippen molar-refractivity contribution in [1.29, 1.82) is 0 Å². The van der Waals surface area contributed by atoms with Gasteiger partial charge in [-0.2, -0.15) is 0 Å². The number of hydrogen-bond donors (Lipinski definition) is 3. The molecule has 1 aliphatic heterocycles. The van der Waals surface area contributed by atoms with E-state index in [1.54, 1.807) is 6.07 Å². The number of carbonyl (C=O) groups excluding carboxylic acids is 1. The van der Waals surface area contributed by atoms with Crippen LogP contribution < -0.4 is 15.6 Å². The zero-order chi connectivity index (χ0) is 19.7. The molecule has 1 unspecified atom stereocenters. The van der Waals surface area contributed by atoms with E-state index in [1.807, 2.05) is 49.4 Å². The second-order valence-corrected chi connectivity index (χ2v) is 6.96. The molecule has 6 nitrogen and oxygen atoms in total. The number of aromatic nitrogens is 1. The first kappa shape index (κ1) is 18.3. The largest absolute Gasteiger partial charge is 0.493 e. The molecule has 0 spiro atoms. The number of nitrogens with one attached hydrogen (secondary N) is 2. The Morgan fingerprint density at radius 2 is 1.96 bits per heavy atom. The van der Waals surface area contributed by atoms with Crippen LogP contribution in [-0.4, -0.2) is 35.3 Å². The van der Waals surface area contributed by atoms with Crippen molar-refractivity contribution in [3.63, 3.8) is 0 Å². The van der Waals surface area contributed by atoms with E-state index >= 15 is 0 Å². The van der Waals surface area contributed by atoms with Gasteiger partial charge in [-0.05, 0) is 48.6 Å². The maximum absolute atomic E-state index is 12.8. The van der Waals surface area contributed by atoms with E-state index in [0.29, 0.717) is 29.9 Å². The summed E-state index contributed by atoms with van der Waals surface area (Å²) in [5.74, 6) is 0.255. The van der Waals surface area contributed by atoms with Gasteiger partial charge in [0.2, 0.25) is 5.91 Å². The van der Waals surface area contributed by atoms with Crippen LogP contribution in [0.25, 0.3) is 22.0 Å². The van der Waals surface area contributed by atoms with Gasteiger partial charge in [-0.25, -0.2) is 0 Å². The number of hydrogen-bond acceptors (Lipinski definition) is 4. The normalized spacial score (nSPS) is 19.0. The van der Waals surface area contributed by atoms with E-state index in [-0.39, 0.29) is 30.0 Å². The fourth-order valence-corrected chi connectivity index (χ4v) is 3.77. The van der Waals surface area contributed by atoms with Crippen molar-refractivity contribution < 1.29 is 14.6 Å². The summed E-state index contributed by atoms with van der Waals surface area (Å²) < 4.78 is 5.68. The van der Waals surface area contributed by atoms with Crippen LogP contribution in [0, 0.1) is 0 Å². The first-order chi connectivity index (χ1) is 13.6. The Morgan fingerprint density at radius 1 is 1.14 bits per heavy atom. The van der Waals surface area contributed by atoms with E-state index in [0.717, 1.165) is 16.5 Å². The third-order valence-electron chi connectivity index (χ3n) is 5.15. The summed E-state index contributed by atoms with van der Waals surface area (Å²) in [5.41, 5.74) is 2.09. The monoisotopic (exact) mass is 378 g/mol. The van der Waals surface area contributed by atoms with Crippen molar-refractivity contribution in [2.24, 2.45) is 0 Å². The summed E-state index contributed by atoms with van der Waals surface area (Å²) in [6, 6.07) is 14.8. The van der Waals surface area contributed by atoms with Crippen molar-refractivity contribution in [2.75, 3.05) is 13.2 Å². The molecular weight excluding hydrogens is 356 g/mol. The second-order valence-electron chi connectivity index (χ2n) is 6.96. The molecule has 1 saturated heterocycles. The lowest BCUT2D eigenvalue weighted by Gasteiger charge is -2.12. The number of aliphatic hydroxyl groups excluding tert-OH is 1. The third-order valence-corrected chi connectivity index (χ3v) is 5.15. The second kappa shape index (κ2) is 7.48. The number of pyridine rings is 1. The van der Waals surface area contributed by atoms with Gasteiger partial charge in [0, 0.05) is 10.9 Å². The number of rotatable bonds is 5. The molecule has 1 amide bonds. The van der Waals surface area contributed by atoms with Crippen LogP contribution >= 0.6 is 0 Å². The number of amides is 1. The molecule has 1 fully saturated rings. The standard InChI is InChI=1S/C22H22N2O4/c1-2-28-20-6-4-3-5-16(20)19-10-14-8-7-13(9-17(14)22(27)24-19)18-11-15(12-25)23-21(18)26/h3-10,15,18,25H,2,11-12H2,1H3,(H,23,26)(H,24,27)/t15?,18-/m1/s1. The summed E-state index contributed by atoms with van der Waals surface area (Å²) in [6.45, 7) is 2.37. The third kappa shape index (κ3) is 3.27. The number of ether oxygens (including phenoxy) is 1. The first-order valence-corrected chi connectivity index (χ1v) is 9.41. The number of para-hydroxylation sites is 1. The maximum Gasteiger partial charge on any atom is 0.256 e. The van der Waals surface area contributed by atoms with Gasteiger partial charge in [0.1, 0.15) is 5.75 Å². The molecule has 6 heteroatoms. The number of benzene rings is 2. The van der Waals surface area contributed by atoms with Crippen LogP contribution in [0.5, 0.6) is 5.75 Å². The molecule has 3 aromatic rings. The summed E-state index contributed by atoms with van der Waals surface area (Å²) in [5, 5.41) is 13.4. The summed E-state index contributed by atoms with van der Waals surface area (Å²) in [6.07, 6.45) is 0.526. The van der Waals surface area contributed by atoms with Crippen molar-refractivity contribution in [1.82, 2.24) is 10.3 Å². The van der Waals surface area contributed by atoms with Crippen LogP contribution in [0.4, 0.5) is 0 Å². The average Bonchev–Trinajstić information content (AvgIpc) is 3.09. The van der Waals surface area contributed by atoms with E-state index in [9.17, 15) is 14.7 Å². The highest BCUT2D eigenvalue weighted by Crippen LogP contribution is 2.31. The lowest BCUT2D eigenvalue weighted by Crippen LogP contribution is -2.28. The van der Waals surface area contributed by atoms with Gasteiger partial charge in [0.05, 0.1) is 30.9 Å². The Hall–Kier alpha value is -3.12. The number of carbonyl (C=O) groups is 1. The van der Waals surface area contributed by atoms with Gasteiger partial charge in [-0.15, -0.1) is 0 Å². The van der Waals surface area contributed by atoms with Crippen LogP contribution in [0.1, 0.15) is 24.8 Å². The highest BCUT2D eigenvalue weighted by atomic mass is 16.5. The molecular formula is C22H22N2O4. The minimum atomic E-state index is -0.348.